The average molecular weight is 803 g/mol. The molecule has 0 aliphatic carbocycles. The molecule has 0 atom stereocenters. The Labute approximate surface area is 334 Å². The molecule has 6 aromatic carbocycles. The summed E-state index contributed by atoms with van der Waals surface area (Å²) in [6.45, 7) is 1.52. The fourth-order valence-electron chi connectivity index (χ4n) is 6.86. The van der Waals surface area contributed by atoms with Crippen molar-refractivity contribution in [2.45, 2.75) is 0 Å². The molecule has 0 aliphatic heterocycles. The van der Waals surface area contributed by atoms with E-state index < -0.39 is 7.26 Å². The van der Waals surface area contributed by atoms with Gasteiger partial charge in [0.05, 0.1) is 0 Å². The molecular formula is C44H43N4O3PS3. The molecular weight excluding hydrogens is 760 g/mol. The van der Waals surface area contributed by atoms with E-state index in [9.17, 15) is 9.59 Å². The number of nitrogens with one attached hydrogen (secondary N) is 1. The molecule has 0 aliphatic rings. The Morgan fingerprint density at radius 2 is 1.38 bits per heavy atom. The van der Waals surface area contributed by atoms with E-state index in [1.807, 2.05) is 48.5 Å². The molecule has 0 bridgehead atoms. The van der Waals surface area contributed by atoms with Crippen LogP contribution in [0.3, 0.4) is 0 Å². The van der Waals surface area contributed by atoms with Crippen LogP contribution in [-0.4, -0.2) is 61.4 Å². The van der Waals surface area contributed by atoms with Crippen LogP contribution < -0.4 is 31.9 Å². The number of benzene rings is 6. The predicted molar refractivity (Wildman–Crippen MR) is 240 cm³/mol. The maximum atomic E-state index is 13.7. The van der Waals surface area contributed by atoms with Gasteiger partial charge < -0.3 is 10.5 Å². The summed E-state index contributed by atoms with van der Waals surface area (Å²) in [7, 11) is 2.59. The molecule has 3 N–H and O–H groups in total. The Bertz CT molecular complexity index is 2280. The first kappa shape index (κ1) is 38.6. The molecule has 0 spiro atoms. The van der Waals surface area contributed by atoms with Gasteiger partial charge in [0.1, 0.15) is 6.61 Å². The van der Waals surface area contributed by atoms with Crippen molar-refractivity contribution in [1.29, 1.82) is 0 Å². The number of hydrogen-bond acceptors (Lipinski definition) is 8. The molecule has 0 saturated heterocycles. The van der Waals surface area contributed by atoms with E-state index in [1.165, 1.54) is 20.8 Å². The van der Waals surface area contributed by atoms with Crippen LogP contribution in [-0.2, 0) is 4.74 Å². The van der Waals surface area contributed by atoms with Crippen molar-refractivity contribution in [2.75, 3.05) is 49.3 Å². The number of thiazole rings is 1. The van der Waals surface area contributed by atoms with Gasteiger partial charge in [-0.05, 0) is 17.5 Å². The topological polar surface area (TPSA) is 97.6 Å². The van der Waals surface area contributed by atoms with Crippen LogP contribution in [0.25, 0.3) is 31.6 Å². The van der Waals surface area contributed by atoms with Crippen LogP contribution in [0.4, 0.5) is 10.5 Å². The minimum atomic E-state index is -2.46. The maximum absolute atomic E-state index is 13.7. The van der Waals surface area contributed by atoms with Gasteiger partial charge in [-0.1, -0.05) is 27.7 Å². The Balaban J connectivity index is 1.04. The first-order valence-corrected chi connectivity index (χ1v) is 23.7. The molecule has 11 heteroatoms. The van der Waals surface area contributed by atoms with Gasteiger partial charge >= 0.3 is 233 Å². The number of rotatable bonds is 15. The van der Waals surface area contributed by atoms with Crippen LogP contribution in [0, 0.1) is 0 Å². The second-order valence-electron chi connectivity index (χ2n) is 13.1. The standard InChI is InChI=1S/C44H43N4O3PS3/c1-48(44(50)51-25-28-54-53-27-23-45)36-21-19-32-29-35(18-17-33(32)30-36)43-47-40-22-20-34(31-41(40)55-43)42(49)46-24-26-52(37-11-5-2-6-12-37,38-13-7-3-8-14-38)39-15-9-4-10-16-39/h2-22,29-31,52H,23-28,45H2,1H3,(H,46,49). The quantitative estimate of drug-likeness (QED) is 0.0610. The molecule has 0 saturated carbocycles. The zero-order valence-corrected chi connectivity index (χ0v) is 34.0. The van der Waals surface area contributed by atoms with E-state index in [-0.39, 0.29) is 12.0 Å². The summed E-state index contributed by atoms with van der Waals surface area (Å²) >= 11 is 1.57. The van der Waals surface area contributed by atoms with Gasteiger partial charge in [-0.15, -0.1) is 0 Å². The summed E-state index contributed by atoms with van der Waals surface area (Å²) in [6, 6.07) is 50.2. The van der Waals surface area contributed by atoms with Crippen LogP contribution in [0.2, 0.25) is 0 Å². The summed E-state index contributed by atoms with van der Waals surface area (Å²) in [5.41, 5.74) is 8.75. The molecule has 0 unspecified atom stereocenters. The van der Waals surface area contributed by atoms with E-state index >= 15 is 0 Å². The number of aromatic nitrogens is 1. The third-order valence-corrected chi connectivity index (χ3v) is 18.1. The zero-order chi connectivity index (χ0) is 38.0. The van der Waals surface area contributed by atoms with Crippen molar-refractivity contribution in [3.05, 3.63) is 151 Å². The number of nitrogens with zero attached hydrogens (tertiary/aromatic N) is 2. The fraction of sp³-hybridized carbons (Fsp3) is 0.159. The second kappa shape index (κ2) is 18.3. The van der Waals surface area contributed by atoms with Gasteiger partial charge in [0, 0.05) is 30.8 Å². The Morgan fingerprint density at radius 3 is 2.04 bits per heavy atom. The first-order chi connectivity index (χ1) is 27.0. The molecule has 7 rings (SSSR count). The van der Waals surface area contributed by atoms with Gasteiger partial charge in [0.2, 0.25) is 0 Å². The zero-order valence-electron chi connectivity index (χ0n) is 30.5. The molecule has 0 fully saturated rings. The van der Waals surface area contributed by atoms with Crippen LogP contribution in [0.1, 0.15) is 10.4 Å². The van der Waals surface area contributed by atoms with Gasteiger partial charge in [-0.25, -0.2) is 4.79 Å². The van der Waals surface area contributed by atoms with E-state index in [1.54, 1.807) is 40.0 Å². The number of hydrogen-bond donors (Lipinski definition) is 2. The summed E-state index contributed by atoms with van der Waals surface area (Å²) < 4.78 is 6.41. The normalized spacial score (nSPS) is 11.7. The van der Waals surface area contributed by atoms with Crippen LogP contribution in [0.5, 0.6) is 0 Å². The van der Waals surface area contributed by atoms with Crippen molar-refractivity contribution < 1.29 is 14.3 Å². The van der Waals surface area contributed by atoms with E-state index in [0.717, 1.165) is 49.2 Å². The summed E-state index contributed by atoms with van der Waals surface area (Å²) in [5.74, 6) is 1.50. The second-order valence-corrected chi connectivity index (χ2v) is 20.8. The summed E-state index contributed by atoms with van der Waals surface area (Å²) in [6.07, 6.45) is 0.437. The Hall–Kier alpha value is -4.70. The number of nitrogens with two attached hydrogens (primary N) is 1. The minimum Gasteiger partial charge on any atom is -0.0303 e. The molecule has 1 aromatic heterocycles. The third-order valence-electron chi connectivity index (χ3n) is 9.64. The number of carbonyl (C=O) groups is 2. The van der Waals surface area contributed by atoms with Gasteiger partial charge in [0.25, 0.3) is 0 Å². The molecule has 7 aromatic rings. The number of fused-ring (bicyclic) bond motifs is 2. The Morgan fingerprint density at radius 1 is 0.764 bits per heavy atom. The molecule has 55 heavy (non-hydrogen) atoms. The Kier molecular flexibility index (Phi) is 12.8. The monoisotopic (exact) mass is 802 g/mol. The first-order valence-electron chi connectivity index (χ1n) is 18.2. The van der Waals surface area contributed by atoms with Crippen molar-refractivity contribution in [3.63, 3.8) is 0 Å². The number of amides is 2. The van der Waals surface area contributed by atoms with E-state index in [0.29, 0.717) is 31.0 Å². The smallest absolute Gasteiger partial charge is 0.0303 e. The van der Waals surface area contributed by atoms with Crippen molar-refractivity contribution in [3.8, 4) is 10.6 Å². The summed E-state index contributed by atoms with van der Waals surface area (Å²) in [5, 5.41) is 10.2. The molecule has 2 amide bonds. The van der Waals surface area contributed by atoms with Crippen LogP contribution in [0.15, 0.2) is 146 Å². The molecule has 280 valence electrons. The van der Waals surface area contributed by atoms with Crippen molar-refractivity contribution >= 4 is 94.8 Å². The molecule has 0 radical (unpaired) electrons. The summed E-state index contributed by atoms with van der Waals surface area (Å²) in [4.78, 5) is 32.8. The third kappa shape index (κ3) is 8.90. The van der Waals surface area contributed by atoms with Gasteiger partial charge in [-0.3, -0.25) is 4.90 Å². The SMILES string of the molecule is CN(C(=O)OCCSSCCN)c1ccc2cc(-c3nc4ccc(C(=O)NCC[PH](c5ccccc5)(c5ccccc5)c5ccccc5)cc4s3)ccc2c1. The number of ether oxygens (including phenoxy) is 1. The van der Waals surface area contributed by atoms with Gasteiger partial charge in [-0.2, -0.15) is 0 Å². The number of carbonyl (C=O) groups excluding carboxylic acids is 2. The average Bonchev–Trinajstić information content (AvgIpc) is 3.68. The van der Waals surface area contributed by atoms with E-state index in [2.05, 4.69) is 102 Å². The fourth-order valence-corrected chi connectivity index (χ4v) is 14.2. The molecule has 7 nitrogen and oxygen atoms in total. The molecule has 1 heterocycles. The number of anilines is 1. The van der Waals surface area contributed by atoms with Crippen molar-refractivity contribution in [2.24, 2.45) is 5.73 Å². The van der Waals surface area contributed by atoms with Crippen LogP contribution >= 0.6 is 40.2 Å². The van der Waals surface area contributed by atoms with E-state index in [4.69, 9.17) is 15.5 Å². The minimum absolute atomic E-state index is 0.0929. The predicted octanol–water partition coefficient (Wildman–Crippen LogP) is 8.49. The van der Waals surface area contributed by atoms with Crippen molar-refractivity contribution in [1.82, 2.24) is 10.3 Å². The van der Waals surface area contributed by atoms with Gasteiger partial charge in [0.15, 0.2) is 0 Å².